The Bertz CT molecular complexity index is 591. The molecule has 2 rings (SSSR count). The molecule has 0 aliphatic carbocycles. The topological polar surface area (TPSA) is 62.2 Å². The van der Waals surface area contributed by atoms with Crippen LogP contribution in [0.25, 0.3) is 11.3 Å². The van der Waals surface area contributed by atoms with E-state index in [2.05, 4.69) is 53.8 Å². The van der Waals surface area contributed by atoms with Crippen LogP contribution in [0.2, 0.25) is 0 Å². The molecule has 2 aromatic rings. The van der Waals surface area contributed by atoms with Gasteiger partial charge in [-0.1, -0.05) is 38.1 Å². The van der Waals surface area contributed by atoms with Gasteiger partial charge in [-0.05, 0) is 11.5 Å². The number of nitrogens with zero attached hydrogens (tertiary/aromatic N) is 1. The summed E-state index contributed by atoms with van der Waals surface area (Å²) < 4.78 is 0. The predicted octanol–water partition coefficient (Wildman–Crippen LogP) is 3.15. The standard InChI is InChI=1S/C16H20N2O2S/c1-11(2)12-3-5-13(6-4-12)14-10-21-15(18-14)7-8-17-9-16(19)20/h3-6,10-11,17H,7-9H2,1-2H3,(H,19,20). The molecule has 5 heteroatoms. The van der Waals surface area contributed by atoms with Crippen molar-refractivity contribution in [2.75, 3.05) is 13.1 Å². The second kappa shape index (κ2) is 7.33. The van der Waals surface area contributed by atoms with E-state index >= 15 is 0 Å². The number of carboxylic acid groups (broad SMARTS) is 1. The summed E-state index contributed by atoms with van der Waals surface area (Å²) in [6.45, 7) is 4.99. The fourth-order valence-corrected chi connectivity index (χ4v) is 2.80. The number of benzene rings is 1. The Balaban J connectivity index is 1.94. The van der Waals surface area contributed by atoms with Gasteiger partial charge < -0.3 is 10.4 Å². The van der Waals surface area contributed by atoms with Crippen LogP contribution in [-0.2, 0) is 11.2 Å². The number of aromatic nitrogens is 1. The Labute approximate surface area is 128 Å². The number of thiazole rings is 1. The molecule has 1 aromatic carbocycles. The van der Waals surface area contributed by atoms with Gasteiger partial charge in [0.05, 0.1) is 17.2 Å². The van der Waals surface area contributed by atoms with E-state index in [1.54, 1.807) is 11.3 Å². The van der Waals surface area contributed by atoms with Gasteiger partial charge in [-0.15, -0.1) is 11.3 Å². The van der Waals surface area contributed by atoms with E-state index in [0.717, 1.165) is 22.7 Å². The zero-order valence-corrected chi connectivity index (χ0v) is 13.1. The first kappa shape index (κ1) is 15.7. The fourth-order valence-electron chi connectivity index (χ4n) is 1.99. The van der Waals surface area contributed by atoms with Gasteiger partial charge in [-0.2, -0.15) is 0 Å². The third-order valence-corrected chi connectivity index (χ3v) is 4.13. The fraction of sp³-hybridized carbons (Fsp3) is 0.375. The highest BCUT2D eigenvalue weighted by Crippen LogP contribution is 2.24. The second-order valence-electron chi connectivity index (χ2n) is 5.22. The Kier molecular flexibility index (Phi) is 5.47. The molecule has 0 fully saturated rings. The van der Waals surface area contributed by atoms with Crippen molar-refractivity contribution in [2.24, 2.45) is 0 Å². The Morgan fingerprint density at radius 3 is 2.67 bits per heavy atom. The minimum absolute atomic E-state index is 0.00506. The van der Waals surface area contributed by atoms with E-state index in [1.165, 1.54) is 5.56 Å². The largest absolute Gasteiger partial charge is 0.480 e. The molecule has 0 aliphatic heterocycles. The van der Waals surface area contributed by atoms with Crippen molar-refractivity contribution in [3.05, 3.63) is 40.2 Å². The maximum Gasteiger partial charge on any atom is 0.317 e. The number of nitrogens with one attached hydrogen (secondary N) is 1. The summed E-state index contributed by atoms with van der Waals surface area (Å²) in [4.78, 5) is 15.0. The van der Waals surface area contributed by atoms with Crippen LogP contribution in [0.15, 0.2) is 29.6 Å². The molecule has 0 atom stereocenters. The SMILES string of the molecule is CC(C)c1ccc(-c2csc(CCNCC(=O)O)n2)cc1. The minimum atomic E-state index is -0.833. The summed E-state index contributed by atoms with van der Waals surface area (Å²) in [7, 11) is 0. The van der Waals surface area contributed by atoms with Crippen LogP contribution < -0.4 is 5.32 Å². The van der Waals surface area contributed by atoms with Crippen molar-refractivity contribution in [3.63, 3.8) is 0 Å². The summed E-state index contributed by atoms with van der Waals surface area (Å²) in [6, 6.07) is 8.51. The third-order valence-electron chi connectivity index (χ3n) is 3.22. The van der Waals surface area contributed by atoms with Crippen molar-refractivity contribution >= 4 is 17.3 Å². The maximum absolute atomic E-state index is 10.4. The molecule has 21 heavy (non-hydrogen) atoms. The van der Waals surface area contributed by atoms with Crippen molar-refractivity contribution in [2.45, 2.75) is 26.2 Å². The number of carboxylic acids is 1. The quantitative estimate of drug-likeness (QED) is 0.771. The van der Waals surface area contributed by atoms with Crippen molar-refractivity contribution < 1.29 is 9.90 Å². The monoisotopic (exact) mass is 304 g/mol. The van der Waals surface area contributed by atoms with E-state index in [0.29, 0.717) is 12.5 Å². The molecule has 0 saturated carbocycles. The van der Waals surface area contributed by atoms with Gasteiger partial charge in [0.25, 0.3) is 0 Å². The van der Waals surface area contributed by atoms with Crippen molar-refractivity contribution in [1.82, 2.24) is 10.3 Å². The lowest BCUT2D eigenvalue weighted by atomic mass is 10.0. The minimum Gasteiger partial charge on any atom is -0.480 e. The van der Waals surface area contributed by atoms with Crippen molar-refractivity contribution in [3.8, 4) is 11.3 Å². The highest BCUT2D eigenvalue weighted by Gasteiger charge is 2.06. The average Bonchev–Trinajstić information content (AvgIpc) is 2.92. The maximum atomic E-state index is 10.4. The van der Waals surface area contributed by atoms with Gasteiger partial charge in [0, 0.05) is 23.9 Å². The van der Waals surface area contributed by atoms with Crippen LogP contribution in [0.4, 0.5) is 0 Å². The Hall–Kier alpha value is -1.72. The van der Waals surface area contributed by atoms with E-state index in [1.807, 2.05) is 0 Å². The van der Waals surface area contributed by atoms with Crippen LogP contribution in [0.1, 0.15) is 30.3 Å². The van der Waals surface area contributed by atoms with Gasteiger partial charge in [-0.25, -0.2) is 4.98 Å². The molecule has 0 aliphatic rings. The molecule has 0 bridgehead atoms. The first-order valence-electron chi connectivity index (χ1n) is 7.03. The van der Waals surface area contributed by atoms with Crippen LogP contribution in [-0.4, -0.2) is 29.1 Å². The van der Waals surface area contributed by atoms with Crippen LogP contribution in [0, 0.1) is 0 Å². The molecule has 0 radical (unpaired) electrons. The zero-order valence-electron chi connectivity index (χ0n) is 12.3. The van der Waals surface area contributed by atoms with E-state index in [9.17, 15) is 4.79 Å². The lowest BCUT2D eigenvalue weighted by Crippen LogP contribution is -2.24. The second-order valence-corrected chi connectivity index (χ2v) is 6.17. The number of carbonyl (C=O) groups is 1. The Morgan fingerprint density at radius 1 is 1.33 bits per heavy atom. The molecule has 0 unspecified atom stereocenters. The van der Waals surface area contributed by atoms with Crippen molar-refractivity contribution in [1.29, 1.82) is 0 Å². The number of hydrogen-bond donors (Lipinski definition) is 2. The molecule has 0 amide bonds. The zero-order chi connectivity index (χ0) is 15.2. The number of hydrogen-bond acceptors (Lipinski definition) is 4. The van der Waals surface area contributed by atoms with Gasteiger partial charge >= 0.3 is 5.97 Å². The molecule has 0 spiro atoms. The Morgan fingerprint density at radius 2 is 2.05 bits per heavy atom. The normalized spacial score (nSPS) is 11.0. The summed E-state index contributed by atoms with van der Waals surface area (Å²) in [5.74, 6) is -0.301. The lowest BCUT2D eigenvalue weighted by molar-refractivity contribution is -0.135. The van der Waals surface area contributed by atoms with Gasteiger partial charge in [0.1, 0.15) is 0 Å². The molecular formula is C16H20N2O2S. The molecule has 4 nitrogen and oxygen atoms in total. The highest BCUT2D eigenvalue weighted by atomic mass is 32.1. The summed E-state index contributed by atoms with van der Waals surface area (Å²) in [5.41, 5.74) is 3.44. The summed E-state index contributed by atoms with van der Waals surface area (Å²) in [5, 5.41) is 14.5. The van der Waals surface area contributed by atoms with E-state index in [-0.39, 0.29) is 6.54 Å². The van der Waals surface area contributed by atoms with Gasteiger partial charge in [0.15, 0.2) is 0 Å². The first-order chi connectivity index (χ1) is 10.1. The van der Waals surface area contributed by atoms with Crippen LogP contribution >= 0.6 is 11.3 Å². The number of rotatable bonds is 7. The molecule has 2 N–H and O–H groups in total. The van der Waals surface area contributed by atoms with Gasteiger partial charge in [0.2, 0.25) is 0 Å². The molecular weight excluding hydrogens is 284 g/mol. The third kappa shape index (κ3) is 4.65. The first-order valence-corrected chi connectivity index (χ1v) is 7.91. The molecule has 1 heterocycles. The van der Waals surface area contributed by atoms with Crippen LogP contribution in [0.3, 0.4) is 0 Å². The van der Waals surface area contributed by atoms with Crippen LogP contribution in [0.5, 0.6) is 0 Å². The lowest BCUT2D eigenvalue weighted by Gasteiger charge is -2.05. The van der Waals surface area contributed by atoms with Gasteiger partial charge in [-0.3, -0.25) is 4.79 Å². The molecule has 0 saturated heterocycles. The summed E-state index contributed by atoms with van der Waals surface area (Å²) in [6.07, 6.45) is 0.752. The molecule has 1 aromatic heterocycles. The average molecular weight is 304 g/mol. The predicted molar refractivity (Wildman–Crippen MR) is 85.8 cm³/mol. The van der Waals surface area contributed by atoms with E-state index in [4.69, 9.17) is 5.11 Å². The molecule has 112 valence electrons. The highest BCUT2D eigenvalue weighted by molar-refractivity contribution is 7.09. The van der Waals surface area contributed by atoms with E-state index < -0.39 is 5.97 Å². The summed E-state index contributed by atoms with van der Waals surface area (Å²) >= 11 is 1.62. The number of aliphatic carboxylic acids is 1. The smallest absolute Gasteiger partial charge is 0.317 e.